The third-order valence-corrected chi connectivity index (χ3v) is 7.48. The predicted octanol–water partition coefficient (Wildman–Crippen LogP) is 4.59. The van der Waals surface area contributed by atoms with Gasteiger partial charge in [0.05, 0.1) is 24.2 Å². The van der Waals surface area contributed by atoms with Gasteiger partial charge in [-0.25, -0.2) is 9.18 Å². The molecule has 0 aliphatic heterocycles. The van der Waals surface area contributed by atoms with E-state index in [0.717, 1.165) is 32.7 Å². The number of benzene rings is 3. The monoisotopic (exact) mass is 484 g/mol. The first kappa shape index (κ1) is 24.1. The fourth-order valence-electron chi connectivity index (χ4n) is 5.74. The molecule has 0 aromatic heterocycles. The lowest BCUT2D eigenvalue weighted by atomic mass is 9.67. The van der Waals surface area contributed by atoms with Crippen LogP contribution >= 0.6 is 0 Å². The Labute approximate surface area is 210 Å². The van der Waals surface area contributed by atoms with Gasteiger partial charge in [0.1, 0.15) is 5.82 Å². The number of ketones is 1. The molecule has 0 N–H and O–H groups in total. The van der Waals surface area contributed by atoms with Crippen LogP contribution in [0.5, 0.6) is 0 Å². The van der Waals surface area contributed by atoms with E-state index in [0.29, 0.717) is 24.2 Å². The average molecular weight is 485 g/mol. The molecule has 2 atom stereocenters. The van der Waals surface area contributed by atoms with E-state index in [4.69, 9.17) is 9.47 Å². The molecule has 0 heterocycles. The Morgan fingerprint density at radius 1 is 0.972 bits per heavy atom. The van der Waals surface area contributed by atoms with Crippen molar-refractivity contribution in [2.45, 2.75) is 38.7 Å². The van der Waals surface area contributed by atoms with Crippen LogP contribution in [0.4, 0.5) is 4.39 Å². The van der Waals surface area contributed by atoms with Crippen LogP contribution in [0.2, 0.25) is 0 Å². The number of rotatable bonds is 5. The van der Waals surface area contributed by atoms with E-state index in [-0.39, 0.29) is 23.7 Å². The molecule has 2 unspecified atom stereocenters. The minimum atomic E-state index is -0.518. The van der Waals surface area contributed by atoms with Gasteiger partial charge >= 0.3 is 5.97 Å². The summed E-state index contributed by atoms with van der Waals surface area (Å²) in [5.74, 6) is -1.30. The molecule has 0 radical (unpaired) electrons. The minimum absolute atomic E-state index is 0.0894. The quantitative estimate of drug-likeness (QED) is 0.393. The standard InChI is InChI=1S/C31H29FO4/c1-5-36-30(34)20-9-12-22-19(16-20)8-13-24-23(22)14-15-27-25(24)17-26(29(35-4)31(27,2)3)28(33)18-6-10-21(32)11-7-18/h6-7,9-17,26,29H,5,8H2,1-4H3. The Kier molecular flexibility index (Phi) is 6.13. The maximum atomic E-state index is 13.6. The molecule has 36 heavy (non-hydrogen) atoms. The van der Waals surface area contributed by atoms with E-state index in [1.807, 2.05) is 18.2 Å². The van der Waals surface area contributed by atoms with Crippen LogP contribution in [-0.4, -0.2) is 31.6 Å². The molecular formula is C31H29FO4. The Morgan fingerprint density at radius 3 is 2.36 bits per heavy atom. The Morgan fingerprint density at radius 2 is 1.67 bits per heavy atom. The van der Waals surface area contributed by atoms with Crippen molar-refractivity contribution in [1.82, 2.24) is 0 Å². The molecule has 0 bridgehead atoms. The van der Waals surface area contributed by atoms with Gasteiger partial charge in [-0.1, -0.05) is 44.2 Å². The summed E-state index contributed by atoms with van der Waals surface area (Å²) in [6.45, 7) is 6.34. The van der Waals surface area contributed by atoms with Crippen molar-refractivity contribution in [3.05, 3.63) is 93.1 Å². The number of esters is 1. The Bertz CT molecular complexity index is 1480. The first-order valence-corrected chi connectivity index (χ1v) is 12.2. The lowest BCUT2D eigenvalue weighted by Gasteiger charge is -2.41. The third-order valence-electron chi connectivity index (χ3n) is 7.48. The summed E-state index contributed by atoms with van der Waals surface area (Å²) in [5.41, 5.74) is 4.91. The van der Waals surface area contributed by atoms with Crippen LogP contribution in [0.1, 0.15) is 52.6 Å². The topological polar surface area (TPSA) is 52.6 Å². The van der Waals surface area contributed by atoms with E-state index in [1.165, 1.54) is 24.3 Å². The normalized spacial score (nSPS) is 19.1. The minimum Gasteiger partial charge on any atom is -0.462 e. The molecule has 3 aromatic rings. The van der Waals surface area contributed by atoms with Crippen molar-refractivity contribution in [2.24, 2.45) is 5.92 Å². The molecule has 0 amide bonds. The molecule has 2 aliphatic carbocycles. The van der Waals surface area contributed by atoms with Crippen LogP contribution in [-0.2, 0) is 21.3 Å². The predicted molar refractivity (Wildman–Crippen MR) is 138 cm³/mol. The number of hydrogen-bond acceptors (Lipinski definition) is 4. The molecular weight excluding hydrogens is 455 g/mol. The molecule has 5 rings (SSSR count). The van der Waals surface area contributed by atoms with Gasteiger partial charge in [-0.15, -0.1) is 0 Å². The number of fused-ring (bicyclic) bond motifs is 5. The number of ether oxygens (including phenoxy) is 2. The number of Topliss-reactive ketones (excluding diaryl/α,β-unsaturated/α-hetero) is 1. The van der Waals surface area contributed by atoms with E-state index in [1.54, 1.807) is 20.1 Å². The van der Waals surface area contributed by atoms with Crippen molar-refractivity contribution in [1.29, 1.82) is 0 Å². The number of hydrogen-bond donors (Lipinski definition) is 0. The molecule has 2 aliphatic rings. The van der Waals surface area contributed by atoms with E-state index in [9.17, 15) is 14.0 Å². The zero-order valence-electron chi connectivity index (χ0n) is 20.9. The highest BCUT2D eigenvalue weighted by molar-refractivity contribution is 6.02. The fraction of sp³-hybridized carbons (Fsp3) is 0.290. The van der Waals surface area contributed by atoms with Crippen LogP contribution in [0, 0.1) is 11.7 Å². The van der Waals surface area contributed by atoms with E-state index < -0.39 is 11.3 Å². The zero-order chi connectivity index (χ0) is 25.6. The smallest absolute Gasteiger partial charge is 0.338 e. The maximum Gasteiger partial charge on any atom is 0.338 e. The Balaban J connectivity index is 1.66. The van der Waals surface area contributed by atoms with Crippen molar-refractivity contribution < 1.29 is 23.5 Å². The van der Waals surface area contributed by atoms with Crippen molar-refractivity contribution in [3.8, 4) is 11.1 Å². The van der Waals surface area contributed by atoms with E-state index >= 15 is 0 Å². The molecule has 3 aromatic carbocycles. The molecule has 0 spiro atoms. The summed E-state index contributed by atoms with van der Waals surface area (Å²) in [6, 6.07) is 15.6. The van der Waals surface area contributed by atoms with Gasteiger partial charge < -0.3 is 9.47 Å². The highest BCUT2D eigenvalue weighted by Gasteiger charge is 2.43. The van der Waals surface area contributed by atoms with Gasteiger partial charge in [0.2, 0.25) is 0 Å². The second-order valence-corrected chi connectivity index (χ2v) is 9.93. The SMILES string of the molecule is CCOC(=O)c1ccc2c(c1)CC=c1c-2ccc2c1=CC(C(=O)c1ccc(F)cc1)C(OC)C2(C)C. The van der Waals surface area contributed by atoms with Crippen LogP contribution in [0.25, 0.3) is 23.3 Å². The summed E-state index contributed by atoms with van der Waals surface area (Å²) >= 11 is 0. The average Bonchev–Trinajstić information content (AvgIpc) is 2.87. The fourth-order valence-corrected chi connectivity index (χ4v) is 5.74. The van der Waals surface area contributed by atoms with Gasteiger partial charge in [-0.2, -0.15) is 0 Å². The van der Waals surface area contributed by atoms with Crippen LogP contribution in [0.15, 0.2) is 54.6 Å². The molecule has 0 saturated heterocycles. The zero-order valence-corrected chi connectivity index (χ0v) is 20.9. The number of methoxy groups -OCH3 is 1. The van der Waals surface area contributed by atoms with E-state index in [2.05, 4.69) is 32.1 Å². The summed E-state index contributed by atoms with van der Waals surface area (Å²) in [4.78, 5) is 25.8. The van der Waals surface area contributed by atoms with Crippen LogP contribution < -0.4 is 10.4 Å². The first-order valence-electron chi connectivity index (χ1n) is 12.2. The lowest BCUT2D eigenvalue weighted by molar-refractivity contribution is 0.0169. The van der Waals surface area contributed by atoms with Gasteiger partial charge in [0.15, 0.2) is 5.78 Å². The maximum absolute atomic E-state index is 13.6. The number of halogens is 1. The summed E-state index contributed by atoms with van der Waals surface area (Å²) in [6.07, 6.45) is 4.49. The lowest BCUT2D eigenvalue weighted by Crippen LogP contribution is -2.53. The number of carbonyl (C=O) groups is 2. The second kappa shape index (κ2) is 9.14. The summed E-state index contributed by atoms with van der Waals surface area (Å²) in [5, 5.41) is 2.12. The third kappa shape index (κ3) is 3.88. The molecule has 0 saturated carbocycles. The highest BCUT2D eigenvalue weighted by atomic mass is 19.1. The van der Waals surface area contributed by atoms with Gasteiger partial charge in [-0.3, -0.25) is 4.79 Å². The van der Waals surface area contributed by atoms with Gasteiger partial charge in [0.25, 0.3) is 0 Å². The molecule has 184 valence electrons. The van der Waals surface area contributed by atoms with Crippen molar-refractivity contribution in [2.75, 3.05) is 13.7 Å². The summed E-state index contributed by atoms with van der Waals surface area (Å²) in [7, 11) is 1.64. The van der Waals surface area contributed by atoms with Gasteiger partial charge in [-0.05, 0) is 82.4 Å². The second-order valence-electron chi connectivity index (χ2n) is 9.93. The van der Waals surface area contributed by atoms with Crippen LogP contribution in [0.3, 0.4) is 0 Å². The van der Waals surface area contributed by atoms with Gasteiger partial charge in [0, 0.05) is 18.1 Å². The molecule has 4 nitrogen and oxygen atoms in total. The largest absolute Gasteiger partial charge is 0.462 e. The number of carbonyl (C=O) groups excluding carboxylic acids is 2. The summed E-state index contributed by atoms with van der Waals surface area (Å²) < 4.78 is 24.6. The highest BCUT2D eigenvalue weighted by Crippen LogP contribution is 2.37. The van der Waals surface area contributed by atoms with Crippen molar-refractivity contribution >= 4 is 23.9 Å². The Hall–Kier alpha value is -3.57. The molecule has 0 fully saturated rings. The molecule has 5 heteroatoms. The van der Waals surface area contributed by atoms with Crippen molar-refractivity contribution in [3.63, 3.8) is 0 Å². The first-order chi connectivity index (χ1) is 17.3.